The molecule has 21 heavy (non-hydrogen) atoms. The van der Waals surface area contributed by atoms with Gasteiger partial charge in [0.2, 0.25) is 5.91 Å². The summed E-state index contributed by atoms with van der Waals surface area (Å²) in [6.45, 7) is 3.66. The smallest absolute Gasteiger partial charge is 0.251 e. The first-order valence-electron chi connectivity index (χ1n) is 6.94. The van der Waals surface area contributed by atoms with E-state index in [2.05, 4.69) is 10.6 Å². The third-order valence-electron chi connectivity index (χ3n) is 2.69. The van der Waals surface area contributed by atoms with Crippen molar-refractivity contribution in [1.29, 1.82) is 0 Å². The van der Waals surface area contributed by atoms with Crippen molar-refractivity contribution in [2.24, 2.45) is 0 Å². The number of benzene rings is 1. The van der Waals surface area contributed by atoms with Crippen LogP contribution >= 0.6 is 0 Å². The van der Waals surface area contributed by atoms with Crippen LogP contribution < -0.4 is 15.4 Å². The van der Waals surface area contributed by atoms with E-state index in [9.17, 15) is 9.59 Å². The van der Waals surface area contributed by atoms with Gasteiger partial charge in [0.05, 0.1) is 13.2 Å². The number of hydrogen-bond acceptors (Lipinski definition) is 4. The van der Waals surface area contributed by atoms with Gasteiger partial charge >= 0.3 is 0 Å². The van der Waals surface area contributed by atoms with Crippen LogP contribution in [0.2, 0.25) is 0 Å². The van der Waals surface area contributed by atoms with Crippen LogP contribution in [-0.4, -0.2) is 45.2 Å². The molecular weight excluding hydrogens is 272 g/mol. The predicted molar refractivity (Wildman–Crippen MR) is 79.4 cm³/mol. The molecule has 116 valence electrons. The van der Waals surface area contributed by atoms with Crippen LogP contribution in [0.25, 0.3) is 0 Å². The SMILES string of the molecule is CCOc1ccc(C(=O)NCCNC(=O)CCOC)cc1. The summed E-state index contributed by atoms with van der Waals surface area (Å²) in [4.78, 5) is 23.1. The fraction of sp³-hybridized carbons (Fsp3) is 0.467. The monoisotopic (exact) mass is 294 g/mol. The molecule has 0 bridgehead atoms. The molecule has 0 fully saturated rings. The molecule has 0 aliphatic heterocycles. The van der Waals surface area contributed by atoms with Gasteiger partial charge in [-0.2, -0.15) is 0 Å². The fourth-order valence-electron chi connectivity index (χ4n) is 1.63. The van der Waals surface area contributed by atoms with Gasteiger partial charge in [0.1, 0.15) is 5.75 Å². The normalized spacial score (nSPS) is 10.0. The minimum atomic E-state index is -0.177. The van der Waals surface area contributed by atoms with Gasteiger partial charge in [-0.3, -0.25) is 9.59 Å². The van der Waals surface area contributed by atoms with Crippen molar-refractivity contribution in [3.05, 3.63) is 29.8 Å². The lowest BCUT2D eigenvalue weighted by Crippen LogP contribution is -2.34. The largest absolute Gasteiger partial charge is 0.494 e. The molecular formula is C15H22N2O4. The van der Waals surface area contributed by atoms with Gasteiger partial charge < -0.3 is 20.1 Å². The molecule has 6 nitrogen and oxygen atoms in total. The molecule has 0 saturated heterocycles. The van der Waals surface area contributed by atoms with Crippen LogP contribution in [0.3, 0.4) is 0 Å². The Bertz CT molecular complexity index is 445. The lowest BCUT2D eigenvalue weighted by Gasteiger charge is -2.08. The minimum Gasteiger partial charge on any atom is -0.494 e. The highest BCUT2D eigenvalue weighted by Gasteiger charge is 2.05. The zero-order chi connectivity index (χ0) is 15.5. The number of amides is 2. The molecule has 0 saturated carbocycles. The molecule has 0 aliphatic carbocycles. The predicted octanol–water partition coefficient (Wildman–Crippen LogP) is 0.968. The van der Waals surface area contributed by atoms with Gasteiger partial charge in [-0.05, 0) is 31.2 Å². The van der Waals surface area contributed by atoms with Crippen LogP contribution in [0.4, 0.5) is 0 Å². The Hall–Kier alpha value is -2.08. The second kappa shape index (κ2) is 9.77. The molecule has 6 heteroatoms. The third kappa shape index (κ3) is 6.76. The summed E-state index contributed by atoms with van der Waals surface area (Å²) in [7, 11) is 1.55. The molecule has 0 spiro atoms. The average Bonchev–Trinajstić information content (AvgIpc) is 2.50. The van der Waals surface area contributed by atoms with E-state index in [-0.39, 0.29) is 11.8 Å². The number of hydrogen-bond donors (Lipinski definition) is 2. The summed E-state index contributed by atoms with van der Waals surface area (Å²) < 4.78 is 10.1. The average molecular weight is 294 g/mol. The van der Waals surface area contributed by atoms with E-state index in [4.69, 9.17) is 9.47 Å². The van der Waals surface area contributed by atoms with Gasteiger partial charge in [0, 0.05) is 32.2 Å². The highest BCUT2D eigenvalue weighted by molar-refractivity contribution is 5.94. The van der Waals surface area contributed by atoms with Crippen molar-refractivity contribution in [3.8, 4) is 5.75 Å². The van der Waals surface area contributed by atoms with Crippen LogP contribution in [0.15, 0.2) is 24.3 Å². The molecule has 0 radical (unpaired) electrons. The molecule has 1 aromatic rings. The second-order valence-electron chi connectivity index (χ2n) is 4.31. The van der Waals surface area contributed by atoms with Gasteiger partial charge in [-0.15, -0.1) is 0 Å². The van der Waals surface area contributed by atoms with E-state index in [0.717, 1.165) is 5.75 Å². The number of ether oxygens (including phenoxy) is 2. The number of rotatable bonds is 9. The van der Waals surface area contributed by atoms with E-state index >= 15 is 0 Å². The Balaban J connectivity index is 2.25. The highest BCUT2D eigenvalue weighted by atomic mass is 16.5. The molecule has 1 aromatic carbocycles. The van der Waals surface area contributed by atoms with Crippen molar-refractivity contribution in [1.82, 2.24) is 10.6 Å². The Kier molecular flexibility index (Phi) is 7.89. The summed E-state index contributed by atoms with van der Waals surface area (Å²) in [6.07, 6.45) is 0.323. The molecule has 1 rings (SSSR count). The van der Waals surface area contributed by atoms with Crippen LogP contribution in [0.1, 0.15) is 23.7 Å². The number of methoxy groups -OCH3 is 1. The molecule has 0 unspecified atom stereocenters. The Morgan fingerprint density at radius 3 is 2.38 bits per heavy atom. The van der Waals surface area contributed by atoms with Crippen LogP contribution in [0, 0.1) is 0 Å². The molecule has 0 heterocycles. The molecule has 0 aliphatic rings. The van der Waals surface area contributed by atoms with Gasteiger partial charge in [0.15, 0.2) is 0 Å². The van der Waals surface area contributed by atoms with E-state index in [1.165, 1.54) is 0 Å². The summed E-state index contributed by atoms with van der Waals surface area (Å²) in [6, 6.07) is 6.92. The molecule has 0 aromatic heterocycles. The zero-order valence-electron chi connectivity index (χ0n) is 12.5. The maximum absolute atomic E-state index is 11.8. The topological polar surface area (TPSA) is 76.7 Å². The van der Waals surface area contributed by atoms with E-state index in [0.29, 0.717) is 38.3 Å². The van der Waals surface area contributed by atoms with E-state index < -0.39 is 0 Å². The molecule has 0 atom stereocenters. The standard InChI is InChI=1S/C15H22N2O4/c1-3-21-13-6-4-12(5-7-13)15(19)17-10-9-16-14(18)8-11-20-2/h4-7H,3,8-11H2,1-2H3,(H,16,18)(H,17,19). The Morgan fingerprint density at radius 1 is 1.10 bits per heavy atom. The number of carbonyl (C=O) groups excluding carboxylic acids is 2. The first-order chi connectivity index (χ1) is 10.2. The minimum absolute atomic E-state index is 0.0906. The lowest BCUT2D eigenvalue weighted by molar-refractivity contribution is -0.121. The van der Waals surface area contributed by atoms with E-state index in [1.54, 1.807) is 31.4 Å². The van der Waals surface area contributed by atoms with E-state index in [1.807, 2.05) is 6.92 Å². The maximum atomic E-state index is 11.8. The molecule has 2 amide bonds. The van der Waals surface area contributed by atoms with Crippen molar-refractivity contribution in [3.63, 3.8) is 0 Å². The number of nitrogens with one attached hydrogen (secondary N) is 2. The highest BCUT2D eigenvalue weighted by Crippen LogP contribution is 2.11. The third-order valence-corrected chi connectivity index (χ3v) is 2.69. The fourth-order valence-corrected chi connectivity index (χ4v) is 1.63. The van der Waals surface area contributed by atoms with Crippen LogP contribution in [0.5, 0.6) is 5.75 Å². The first kappa shape index (κ1) is 17.0. The number of carbonyl (C=O) groups is 2. The van der Waals surface area contributed by atoms with Crippen molar-refractivity contribution >= 4 is 11.8 Å². The second-order valence-corrected chi connectivity index (χ2v) is 4.31. The maximum Gasteiger partial charge on any atom is 0.251 e. The van der Waals surface area contributed by atoms with Crippen molar-refractivity contribution in [2.45, 2.75) is 13.3 Å². The van der Waals surface area contributed by atoms with Crippen molar-refractivity contribution < 1.29 is 19.1 Å². The Morgan fingerprint density at radius 2 is 1.76 bits per heavy atom. The molecule has 2 N–H and O–H groups in total. The summed E-state index contributed by atoms with van der Waals surface area (Å²) in [5, 5.41) is 5.43. The lowest BCUT2D eigenvalue weighted by atomic mass is 10.2. The Labute approximate surface area is 124 Å². The van der Waals surface area contributed by atoms with Gasteiger partial charge in [0.25, 0.3) is 5.91 Å². The quantitative estimate of drug-likeness (QED) is 0.665. The van der Waals surface area contributed by atoms with Crippen LogP contribution in [-0.2, 0) is 9.53 Å². The zero-order valence-corrected chi connectivity index (χ0v) is 12.5. The summed E-state index contributed by atoms with van der Waals surface area (Å²) in [5.74, 6) is 0.468. The summed E-state index contributed by atoms with van der Waals surface area (Å²) >= 11 is 0. The summed E-state index contributed by atoms with van der Waals surface area (Å²) in [5.41, 5.74) is 0.559. The van der Waals surface area contributed by atoms with Crippen molar-refractivity contribution in [2.75, 3.05) is 33.4 Å². The van der Waals surface area contributed by atoms with Gasteiger partial charge in [-0.25, -0.2) is 0 Å². The first-order valence-corrected chi connectivity index (χ1v) is 6.94. The van der Waals surface area contributed by atoms with Gasteiger partial charge in [-0.1, -0.05) is 0 Å².